The van der Waals surface area contributed by atoms with Gasteiger partial charge >= 0.3 is 0 Å². The zero-order valence-electron chi connectivity index (χ0n) is 11.1. The Labute approximate surface area is 104 Å². The van der Waals surface area contributed by atoms with Gasteiger partial charge in [0.1, 0.15) is 0 Å². The lowest BCUT2D eigenvalue weighted by Gasteiger charge is -2.35. The highest BCUT2D eigenvalue weighted by Crippen LogP contribution is 2.20. The predicted molar refractivity (Wildman–Crippen MR) is 72.5 cm³/mol. The van der Waals surface area contributed by atoms with E-state index in [2.05, 4.69) is 42.0 Å². The molecule has 94 valence electrons. The Morgan fingerprint density at radius 3 is 2.94 bits per heavy atom. The third-order valence-corrected chi connectivity index (χ3v) is 3.22. The minimum atomic E-state index is 0.565. The summed E-state index contributed by atoms with van der Waals surface area (Å²) in [5.41, 5.74) is 2.50. The maximum Gasteiger partial charge on any atom is 0.0555 e. The van der Waals surface area contributed by atoms with E-state index in [1.54, 1.807) is 0 Å². The molecule has 3 nitrogen and oxygen atoms in total. The van der Waals surface area contributed by atoms with Gasteiger partial charge in [-0.25, -0.2) is 0 Å². The fourth-order valence-corrected chi connectivity index (χ4v) is 2.53. The van der Waals surface area contributed by atoms with Gasteiger partial charge in [-0.05, 0) is 31.4 Å². The third kappa shape index (κ3) is 3.43. The fourth-order valence-electron chi connectivity index (χ4n) is 2.53. The van der Waals surface area contributed by atoms with Gasteiger partial charge in [0, 0.05) is 31.4 Å². The van der Waals surface area contributed by atoms with Gasteiger partial charge in [0.15, 0.2) is 0 Å². The number of aromatic nitrogens is 1. The van der Waals surface area contributed by atoms with Crippen LogP contribution in [-0.4, -0.2) is 30.2 Å². The molecule has 1 fully saturated rings. The van der Waals surface area contributed by atoms with Gasteiger partial charge in [0.05, 0.1) is 11.9 Å². The minimum Gasteiger partial charge on any atom is -0.369 e. The van der Waals surface area contributed by atoms with E-state index in [1.807, 2.05) is 12.4 Å². The Morgan fingerprint density at radius 1 is 1.41 bits per heavy atom. The first kappa shape index (κ1) is 12.4. The van der Waals surface area contributed by atoms with Crippen LogP contribution in [-0.2, 0) is 0 Å². The van der Waals surface area contributed by atoms with E-state index in [4.69, 9.17) is 0 Å². The van der Waals surface area contributed by atoms with Crippen LogP contribution in [0.5, 0.6) is 0 Å². The number of hydrogen-bond donors (Lipinski definition) is 1. The van der Waals surface area contributed by atoms with Crippen molar-refractivity contribution in [2.45, 2.75) is 45.7 Å². The van der Waals surface area contributed by atoms with E-state index in [-0.39, 0.29) is 0 Å². The summed E-state index contributed by atoms with van der Waals surface area (Å²) in [5, 5.41) is 3.63. The molecule has 0 radical (unpaired) electrons. The van der Waals surface area contributed by atoms with Crippen molar-refractivity contribution >= 4 is 5.69 Å². The molecule has 2 heterocycles. The quantitative estimate of drug-likeness (QED) is 0.868. The van der Waals surface area contributed by atoms with Crippen molar-refractivity contribution in [3.63, 3.8) is 0 Å². The molecule has 0 bridgehead atoms. The van der Waals surface area contributed by atoms with Crippen molar-refractivity contribution in [3.8, 4) is 0 Å². The van der Waals surface area contributed by atoms with Crippen molar-refractivity contribution in [3.05, 3.63) is 24.0 Å². The Morgan fingerprint density at radius 2 is 2.24 bits per heavy atom. The molecule has 1 unspecified atom stereocenters. The first-order valence-electron chi connectivity index (χ1n) is 6.58. The largest absolute Gasteiger partial charge is 0.369 e. The molecule has 1 aromatic rings. The molecule has 1 aliphatic rings. The molecular formula is C14H23N3. The van der Waals surface area contributed by atoms with Crippen molar-refractivity contribution < 1.29 is 0 Å². The van der Waals surface area contributed by atoms with Crippen LogP contribution in [0.25, 0.3) is 0 Å². The average Bonchev–Trinajstić information content (AvgIpc) is 2.28. The number of anilines is 1. The molecule has 0 aliphatic carbocycles. The number of aryl methyl sites for hydroxylation is 1. The number of nitrogens with zero attached hydrogens (tertiary/aromatic N) is 2. The van der Waals surface area contributed by atoms with Gasteiger partial charge in [-0.1, -0.05) is 13.8 Å². The summed E-state index contributed by atoms with van der Waals surface area (Å²) in [7, 11) is 0. The molecule has 1 aliphatic heterocycles. The zero-order chi connectivity index (χ0) is 12.3. The molecule has 2 rings (SSSR count). The van der Waals surface area contributed by atoms with Gasteiger partial charge in [0.25, 0.3) is 0 Å². The lowest BCUT2D eigenvalue weighted by molar-refractivity contribution is 0.394. The van der Waals surface area contributed by atoms with Crippen LogP contribution < -0.4 is 10.2 Å². The van der Waals surface area contributed by atoms with Crippen LogP contribution >= 0.6 is 0 Å². The Hall–Kier alpha value is -1.09. The monoisotopic (exact) mass is 233 g/mol. The second-order valence-electron chi connectivity index (χ2n) is 5.33. The van der Waals surface area contributed by atoms with Crippen LogP contribution in [0, 0.1) is 6.92 Å². The molecule has 1 N–H and O–H groups in total. The summed E-state index contributed by atoms with van der Waals surface area (Å²) < 4.78 is 0. The summed E-state index contributed by atoms with van der Waals surface area (Å²) in [6, 6.07) is 3.41. The van der Waals surface area contributed by atoms with Crippen molar-refractivity contribution in [1.29, 1.82) is 0 Å². The van der Waals surface area contributed by atoms with E-state index in [0.717, 1.165) is 13.1 Å². The number of hydrogen-bond acceptors (Lipinski definition) is 3. The molecule has 0 amide bonds. The highest BCUT2D eigenvalue weighted by Gasteiger charge is 2.20. The first-order chi connectivity index (χ1) is 8.15. The van der Waals surface area contributed by atoms with E-state index in [0.29, 0.717) is 12.1 Å². The predicted octanol–water partition coefficient (Wildman–Crippen LogP) is 2.36. The first-order valence-corrected chi connectivity index (χ1v) is 6.58. The van der Waals surface area contributed by atoms with E-state index in [9.17, 15) is 0 Å². The molecule has 0 aromatic carbocycles. The van der Waals surface area contributed by atoms with Crippen molar-refractivity contribution in [2.24, 2.45) is 0 Å². The number of nitrogens with one attached hydrogen (secondary N) is 1. The highest BCUT2D eigenvalue weighted by atomic mass is 15.2. The van der Waals surface area contributed by atoms with Gasteiger partial charge in [0.2, 0.25) is 0 Å². The van der Waals surface area contributed by atoms with Crippen LogP contribution in [0.4, 0.5) is 5.69 Å². The maximum atomic E-state index is 4.28. The molecule has 1 aromatic heterocycles. The van der Waals surface area contributed by atoms with Gasteiger partial charge in [-0.3, -0.25) is 4.98 Å². The Balaban J connectivity index is 2.02. The fraction of sp³-hybridized carbons (Fsp3) is 0.643. The van der Waals surface area contributed by atoms with Crippen LogP contribution in [0.3, 0.4) is 0 Å². The molecule has 17 heavy (non-hydrogen) atoms. The lowest BCUT2D eigenvalue weighted by atomic mass is 10.0. The standard InChI is InChI=1S/C14H23N3/c1-11(2)16-13-5-4-6-17(10-13)14-7-12(3)8-15-9-14/h7-9,11,13,16H,4-6,10H2,1-3H3. The summed E-state index contributed by atoms with van der Waals surface area (Å²) in [4.78, 5) is 6.73. The SMILES string of the molecule is Cc1cncc(N2CCCC(NC(C)C)C2)c1. The van der Waals surface area contributed by atoms with Gasteiger partial charge in [-0.15, -0.1) is 0 Å². The second kappa shape index (κ2) is 5.50. The summed E-state index contributed by atoms with van der Waals surface area (Å²) in [6.07, 6.45) is 6.44. The number of piperidine rings is 1. The van der Waals surface area contributed by atoms with Crippen molar-refractivity contribution in [1.82, 2.24) is 10.3 Å². The number of rotatable bonds is 3. The van der Waals surface area contributed by atoms with Crippen molar-refractivity contribution in [2.75, 3.05) is 18.0 Å². The summed E-state index contributed by atoms with van der Waals surface area (Å²) in [5.74, 6) is 0. The average molecular weight is 233 g/mol. The number of pyridine rings is 1. The molecule has 3 heteroatoms. The highest BCUT2D eigenvalue weighted by molar-refractivity contribution is 5.46. The van der Waals surface area contributed by atoms with E-state index in [1.165, 1.54) is 24.1 Å². The Bertz CT molecular complexity index is 362. The van der Waals surface area contributed by atoms with E-state index >= 15 is 0 Å². The third-order valence-electron chi connectivity index (χ3n) is 3.22. The summed E-state index contributed by atoms with van der Waals surface area (Å²) in [6.45, 7) is 8.79. The summed E-state index contributed by atoms with van der Waals surface area (Å²) >= 11 is 0. The topological polar surface area (TPSA) is 28.2 Å². The zero-order valence-corrected chi connectivity index (χ0v) is 11.1. The van der Waals surface area contributed by atoms with Crippen LogP contribution in [0.2, 0.25) is 0 Å². The smallest absolute Gasteiger partial charge is 0.0555 e. The molecule has 1 saturated heterocycles. The van der Waals surface area contributed by atoms with Crippen LogP contribution in [0.1, 0.15) is 32.3 Å². The molecule has 0 spiro atoms. The second-order valence-corrected chi connectivity index (χ2v) is 5.33. The van der Waals surface area contributed by atoms with Gasteiger partial charge < -0.3 is 10.2 Å². The normalized spacial score (nSPS) is 20.9. The molecule has 1 atom stereocenters. The van der Waals surface area contributed by atoms with E-state index < -0.39 is 0 Å². The minimum absolute atomic E-state index is 0.565. The van der Waals surface area contributed by atoms with Gasteiger partial charge in [-0.2, -0.15) is 0 Å². The molecular weight excluding hydrogens is 210 g/mol. The molecule has 0 saturated carbocycles. The maximum absolute atomic E-state index is 4.28. The Kier molecular flexibility index (Phi) is 4.00. The van der Waals surface area contributed by atoms with Crippen LogP contribution in [0.15, 0.2) is 18.5 Å². The lowest BCUT2D eigenvalue weighted by Crippen LogP contribution is -2.47.